The summed E-state index contributed by atoms with van der Waals surface area (Å²) in [5, 5.41) is 0.859. The molecule has 0 saturated carbocycles. The second kappa shape index (κ2) is 5.83. The zero-order valence-corrected chi connectivity index (χ0v) is 13.5. The van der Waals surface area contributed by atoms with E-state index in [1.54, 1.807) is 65.3 Å². The van der Waals surface area contributed by atoms with Crippen LogP contribution in [0.3, 0.4) is 0 Å². The fourth-order valence-corrected chi connectivity index (χ4v) is 2.03. The van der Waals surface area contributed by atoms with Crippen molar-refractivity contribution in [2.45, 2.75) is 39.3 Å². The molecule has 1 atom stereocenters. The average Bonchev–Trinajstić information content (AvgIpc) is 2.90. The minimum Gasteiger partial charge on any atom is -0.464 e. The molecule has 0 bridgehead atoms. The molecule has 0 fully saturated rings. The van der Waals surface area contributed by atoms with Crippen LogP contribution >= 0.6 is 0 Å². The normalized spacial score (nSPS) is 13.0. The Hall–Kier alpha value is -2.30. The number of ketones is 1. The van der Waals surface area contributed by atoms with E-state index < -0.39 is 17.7 Å². The maximum absolute atomic E-state index is 12.5. The SMILES string of the molecule is C[C@@H](C(=O)c1ccc2occc2c1)N(C)C(=O)OC(C)(C)C. The summed E-state index contributed by atoms with van der Waals surface area (Å²) >= 11 is 0. The molecule has 1 amide bonds. The van der Waals surface area contributed by atoms with Gasteiger partial charge in [0.1, 0.15) is 11.2 Å². The summed E-state index contributed by atoms with van der Waals surface area (Å²) < 4.78 is 10.5. The number of amides is 1. The minimum absolute atomic E-state index is 0.142. The third-order valence-corrected chi connectivity index (χ3v) is 3.38. The van der Waals surface area contributed by atoms with Crippen molar-refractivity contribution in [3.8, 4) is 0 Å². The number of furan rings is 1. The lowest BCUT2D eigenvalue weighted by Crippen LogP contribution is -2.43. The molecule has 0 unspecified atom stereocenters. The zero-order valence-electron chi connectivity index (χ0n) is 13.5. The van der Waals surface area contributed by atoms with Gasteiger partial charge in [0, 0.05) is 18.0 Å². The second-order valence-corrected chi connectivity index (χ2v) is 6.30. The van der Waals surface area contributed by atoms with Gasteiger partial charge in [-0.25, -0.2) is 4.79 Å². The van der Waals surface area contributed by atoms with Crippen LogP contribution in [0.25, 0.3) is 11.0 Å². The number of nitrogens with zero attached hydrogens (tertiary/aromatic N) is 1. The number of carbonyl (C=O) groups excluding carboxylic acids is 2. The standard InChI is InChI=1S/C17H21NO4/c1-11(18(5)16(20)22-17(2,3)4)15(19)13-6-7-14-12(10-13)8-9-21-14/h6-11H,1-5H3/t11-/m0/s1. The highest BCUT2D eigenvalue weighted by atomic mass is 16.6. The Morgan fingerprint density at radius 1 is 1.23 bits per heavy atom. The van der Waals surface area contributed by atoms with Gasteiger partial charge < -0.3 is 14.1 Å². The largest absolute Gasteiger partial charge is 0.464 e. The van der Waals surface area contributed by atoms with E-state index in [9.17, 15) is 9.59 Å². The minimum atomic E-state index is -0.612. The molecule has 5 nitrogen and oxygen atoms in total. The van der Waals surface area contributed by atoms with Crippen LogP contribution in [-0.2, 0) is 4.74 Å². The Morgan fingerprint density at radius 2 is 1.91 bits per heavy atom. The van der Waals surface area contributed by atoms with Crippen molar-refractivity contribution >= 4 is 22.8 Å². The van der Waals surface area contributed by atoms with Gasteiger partial charge >= 0.3 is 6.09 Å². The van der Waals surface area contributed by atoms with Crippen molar-refractivity contribution in [3.05, 3.63) is 36.1 Å². The van der Waals surface area contributed by atoms with Gasteiger partial charge in [0.05, 0.1) is 12.3 Å². The number of likely N-dealkylation sites (N-methyl/N-ethyl adjacent to an activating group) is 1. The summed E-state index contributed by atoms with van der Waals surface area (Å²) in [5.41, 5.74) is 0.672. The molecule has 0 spiro atoms. The lowest BCUT2D eigenvalue weighted by Gasteiger charge is -2.28. The molecule has 0 saturated heterocycles. The molecule has 2 rings (SSSR count). The fourth-order valence-electron chi connectivity index (χ4n) is 2.03. The van der Waals surface area contributed by atoms with Crippen molar-refractivity contribution in [1.29, 1.82) is 0 Å². The fraction of sp³-hybridized carbons (Fsp3) is 0.412. The first-order valence-electron chi connectivity index (χ1n) is 7.16. The van der Waals surface area contributed by atoms with Gasteiger partial charge in [-0.1, -0.05) is 0 Å². The maximum Gasteiger partial charge on any atom is 0.410 e. The molecule has 0 aliphatic heterocycles. The van der Waals surface area contributed by atoms with E-state index in [4.69, 9.17) is 9.15 Å². The molecule has 0 N–H and O–H groups in total. The quantitative estimate of drug-likeness (QED) is 0.808. The van der Waals surface area contributed by atoms with Crippen LogP contribution in [0.4, 0.5) is 4.79 Å². The highest BCUT2D eigenvalue weighted by molar-refractivity contribution is 6.03. The van der Waals surface area contributed by atoms with E-state index in [1.807, 2.05) is 0 Å². The van der Waals surface area contributed by atoms with Crippen molar-refractivity contribution in [2.75, 3.05) is 7.05 Å². The smallest absolute Gasteiger partial charge is 0.410 e. The number of fused-ring (bicyclic) bond motifs is 1. The third-order valence-electron chi connectivity index (χ3n) is 3.38. The van der Waals surface area contributed by atoms with Crippen LogP contribution in [0.2, 0.25) is 0 Å². The van der Waals surface area contributed by atoms with E-state index >= 15 is 0 Å². The Morgan fingerprint density at radius 3 is 2.55 bits per heavy atom. The molecule has 1 heterocycles. The molecule has 2 aromatic rings. The summed E-state index contributed by atoms with van der Waals surface area (Å²) in [6.45, 7) is 7.06. The maximum atomic E-state index is 12.5. The topological polar surface area (TPSA) is 59.8 Å². The number of ether oxygens (including phenoxy) is 1. The first kappa shape index (κ1) is 16.1. The zero-order chi connectivity index (χ0) is 16.5. The van der Waals surface area contributed by atoms with Crippen LogP contribution < -0.4 is 0 Å². The predicted octanol–water partition coefficient (Wildman–Crippen LogP) is 3.87. The summed E-state index contributed by atoms with van der Waals surface area (Å²) in [4.78, 5) is 25.9. The molecule has 0 aliphatic rings. The van der Waals surface area contributed by atoms with Crippen LogP contribution in [-0.4, -0.2) is 35.5 Å². The Labute approximate surface area is 129 Å². The number of carbonyl (C=O) groups is 2. The Balaban J connectivity index is 2.15. The van der Waals surface area contributed by atoms with Crippen LogP contribution in [0.1, 0.15) is 38.1 Å². The molecule has 1 aromatic carbocycles. The number of benzene rings is 1. The average molecular weight is 303 g/mol. The Kier molecular flexibility index (Phi) is 4.26. The van der Waals surface area contributed by atoms with Gasteiger partial charge in [0.25, 0.3) is 0 Å². The van der Waals surface area contributed by atoms with Gasteiger partial charge in [-0.2, -0.15) is 0 Å². The number of Topliss-reactive ketones (excluding diaryl/α,β-unsaturated/α-hetero) is 1. The van der Waals surface area contributed by atoms with Gasteiger partial charge in [0.2, 0.25) is 0 Å². The summed E-state index contributed by atoms with van der Waals surface area (Å²) in [6, 6.07) is 6.41. The molecule has 5 heteroatoms. The van der Waals surface area contributed by atoms with E-state index in [-0.39, 0.29) is 5.78 Å². The number of hydrogen-bond acceptors (Lipinski definition) is 4. The second-order valence-electron chi connectivity index (χ2n) is 6.30. The van der Waals surface area contributed by atoms with E-state index in [0.29, 0.717) is 5.56 Å². The van der Waals surface area contributed by atoms with Crippen molar-refractivity contribution in [2.24, 2.45) is 0 Å². The van der Waals surface area contributed by atoms with Gasteiger partial charge in [-0.15, -0.1) is 0 Å². The van der Waals surface area contributed by atoms with Gasteiger partial charge in [-0.05, 0) is 52.0 Å². The monoisotopic (exact) mass is 303 g/mol. The molecule has 0 radical (unpaired) electrons. The highest BCUT2D eigenvalue weighted by Gasteiger charge is 2.27. The summed E-state index contributed by atoms with van der Waals surface area (Å²) in [7, 11) is 1.56. The van der Waals surface area contributed by atoms with Crippen LogP contribution in [0.15, 0.2) is 34.9 Å². The van der Waals surface area contributed by atoms with Gasteiger partial charge in [0.15, 0.2) is 5.78 Å². The Bertz CT molecular complexity index is 696. The highest BCUT2D eigenvalue weighted by Crippen LogP contribution is 2.19. The third kappa shape index (κ3) is 3.47. The molecule has 118 valence electrons. The van der Waals surface area contributed by atoms with Crippen LogP contribution in [0, 0.1) is 0 Å². The molecule has 1 aromatic heterocycles. The first-order valence-corrected chi connectivity index (χ1v) is 7.16. The predicted molar refractivity (Wildman–Crippen MR) is 84.0 cm³/mol. The number of rotatable bonds is 3. The summed E-state index contributed by atoms with van der Waals surface area (Å²) in [6.07, 6.45) is 1.06. The van der Waals surface area contributed by atoms with Crippen molar-refractivity contribution in [1.82, 2.24) is 4.90 Å². The van der Waals surface area contributed by atoms with Crippen molar-refractivity contribution in [3.63, 3.8) is 0 Å². The van der Waals surface area contributed by atoms with Crippen LogP contribution in [0.5, 0.6) is 0 Å². The first-order chi connectivity index (χ1) is 10.2. The lowest BCUT2D eigenvalue weighted by molar-refractivity contribution is 0.0231. The van der Waals surface area contributed by atoms with E-state index in [2.05, 4.69) is 0 Å². The molecular formula is C17H21NO4. The summed E-state index contributed by atoms with van der Waals surface area (Å²) in [5.74, 6) is -0.142. The molecule has 22 heavy (non-hydrogen) atoms. The lowest BCUT2D eigenvalue weighted by atomic mass is 10.0. The van der Waals surface area contributed by atoms with Gasteiger partial charge in [-0.3, -0.25) is 4.79 Å². The van der Waals surface area contributed by atoms with Crippen molar-refractivity contribution < 1.29 is 18.7 Å². The van der Waals surface area contributed by atoms with E-state index in [0.717, 1.165) is 11.0 Å². The number of hydrogen-bond donors (Lipinski definition) is 0. The molecular weight excluding hydrogens is 282 g/mol. The molecule has 0 aliphatic carbocycles. The van der Waals surface area contributed by atoms with E-state index in [1.165, 1.54) is 4.90 Å².